The van der Waals surface area contributed by atoms with Crippen molar-refractivity contribution in [3.8, 4) is 0 Å². The number of rotatable bonds is 12. The van der Waals surface area contributed by atoms with Crippen molar-refractivity contribution < 1.29 is 29.0 Å². The van der Waals surface area contributed by atoms with Crippen molar-refractivity contribution in [3.63, 3.8) is 0 Å². The molecule has 1 saturated heterocycles. The van der Waals surface area contributed by atoms with Gasteiger partial charge in [0.05, 0.1) is 24.2 Å². The molecule has 0 aromatic rings. The quantitative estimate of drug-likeness (QED) is 0.403. The Morgan fingerprint density at radius 3 is 1.97 bits per heavy atom. The molecule has 0 radical (unpaired) electrons. The van der Waals surface area contributed by atoms with E-state index >= 15 is 0 Å². The molecule has 0 aromatic carbocycles. The van der Waals surface area contributed by atoms with E-state index in [1.54, 1.807) is 6.92 Å². The van der Waals surface area contributed by atoms with Gasteiger partial charge in [-0.2, -0.15) is 0 Å². The number of cyclic esters (lactones) is 1. The van der Waals surface area contributed by atoms with Crippen LogP contribution in [0.2, 0.25) is 16.6 Å². The lowest BCUT2D eigenvalue weighted by Gasteiger charge is -2.46. The number of carbonyl (C=O) groups excluding carboxylic acids is 2. The summed E-state index contributed by atoms with van der Waals surface area (Å²) < 4.78 is 12.0. The third-order valence-electron chi connectivity index (χ3n) is 7.42. The van der Waals surface area contributed by atoms with E-state index < -0.39 is 32.3 Å². The van der Waals surface area contributed by atoms with Crippen LogP contribution < -0.4 is 0 Å². The average Bonchev–Trinajstić information content (AvgIpc) is 3.09. The lowest BCUT2D eigenvalue weighted by atomic mass is 9.87. The maximum Gasteiger partial charge on any atom is 0.416 e. The maximum atomic E-state index is 13.2. The van der Waals surface area contributed by atoms with Gasteiger partial charge in [-0.05, 0) is 29.0 Å². The summed E-state index contributed by atoms with van der Waals surface area (Å²) in [4.78, 5) is 26.6. The number of imide groups is 1. The van der Waals surface area contributed by atoms with E-state index in [0.29, 0.717) is 23.0 Å². The van der Waals surface area contributed by atoms with Crippen molar-refractivity contribution in [2.24, 2.45) is 17.8 Å². The highest BCUT2D eigenvalue weighted by atomic mass is 28.4. The maximum absolute atomic E-state index is 13.2. The summed E-state index contributed by atoms with van der Waals surface area (Å²) in [5.74, 6) is -1.55. The molecule has 0 unspecified atom stereocenters. The number of amides is 2. The predicted octanol–water partition coefficient (Wildman–Crippen LogP) is 4.57. The molecule has 5 atom stereocenters. The smallest absolute Gasteiger partial charge is 0.416 e. The molecule has 1 aliphatic heterocycles. The van der Waals surface area contributed by atoms with E-state index in [0.717, 1.165) is 0 Å². The number of carbonyl (C=O) groups is 2. The van der Waals surface area contributed by atoms with Crippen molar-refractivity contribution in [2.45, 2.75) is 111 Å². The topological polar surface area (TPSA) is 96.3 Å². The minimum Gasteiger partial charge on any atom is -0.447 e. The van der Waals surface area contributed by atoms with Crippen molar-refractivity contribution in [3.05, 3.63) is 0 Å². The average molecular weight is 474 g/mol. The molecule has 7 nitrogen and oxygen atoms in total. The zero-order chi connectivity index (χ0) is 25.0. The molecule has 2 amide bonds. The van der Waals surface area contributed by atoms with Crippen LogP contribution in [0, 0.1) is 17.8 Å². The van der Waals surface area contributed by atoms with Crippen LogP contribution >= 0.6 is 0 Å². The third-order valence-corrected chi connectivity index (χ3v) is 13.5. The van der Waals surface area contributed by atoms with Gasteiger partial charge in [0, 0.05) is 12.5 Å². The summed E-state index contributed by atoms with van der Waals surface area (Å²) in [5.41, 5.74) is 1.08. The van der Waals surface area contributed by atoms with Crippen molar-refractivity contribution in [2.75, 3.05) is 13.2 Å². The van der Waals surface area contributed by atoms with E-state index in [1.165, 1.54) is 4.90 Å². The summed E-state index contributed by atoms with van der Waals surface area (Å²) in [6.07, 6.45) is -1.65. The highest BCUT2D eigenvalue weighted by Crippen LogP contribution is 2.44. The molecule has 1 rings (SSSR count). The molecule has 8 heteroatoms. The predicted molar refractivity (Wildman–Crippen MR) is 129 cm³/mol. The highest BCUT2D eigenvalue weighted by molar-refractivity contribution is 6.77. The van der Waals surface area contributed by atoms with E-state index in [-0.39, 0.29) is 37.2 Å². The van der Waals surface area contributed by atoms with Crippen LogP contribution in [-0.4, -0.2) is 66.9 Å². The van der Waals surface area contributed by atoms with Crippen LogP contribution in [0.3, 0.4) is 0 Å². The van der Waals surface area contributed by atoms with Crippen LogP contribution in [0.25, 0.3) is 0 Å². The van der Waals surface area contributed by atoms with E-state index in [4.69, 9.17) is 9.16 Å². The molecule has 0 spiro atoms. The first kappa shape index (κ1) is 29.1. The summed E-state index contributed by atoms with van der Waals surface area (Å²) >= 11 is 0. The van der Waals surface area contributed by atoms with Gasteiger partial charge in [-0.3, -0.25) is 4.79 Å². The number of ether oxygens (including phenoxy) is 1. The lowest BCUT2D eigenvalue weighted by molar-refractivity contribution is -0.139. The molecule has 0 aliphatic carbocycles. The van der Waals surface area contributed by atoms with Crippen molar-refractivity contribution in [1.82, 2.24) is 4.90 Å². The second-order valence-electron chi connectivity index (χ2n) is 10.7. The number of hydrogen-bond donors (Lipinski definition) is 2. The summed E-state index contributed by atoms with van der Waals surface area (Å²) in [5, 5.41) is 20.9. The number of hydrogen-bond acceptors (Lipinski definition) is 6. The standard InChI is InChI=1S/C24H47NO6Si/c1-14(2)20-13-30-24(29)25(20)23(28)19(10)22(27)18(9)21(11-12-26)31-32(15(3)4,16(5)6)17(7)8/h14-22,26-27H,11-13H2,1-10H3/t18-,19-,20+,21+,22+/m1/s1. The monoisotopic (exact) mass is 473 g/mol. The van der Waals surface area contributed by atoms with Gasteiger partial charge in [-0.25, -0.2) is 9.69 Å². The first-order valence-electron chi connectivity index (χ1n) is 12.2. The van der Waals surface area contributed by atoms with Crippen LogP contribution in [0.1, 0.15) is 75.7 Å². The van der Waals surface area contributed by atoms with Crippen molar-refractivity contribution >= 4 is 20.3 Å². The molecule has 2 N–H and O–H groups in total. The molecule has 1 fully saturated rings. The molecular weight excluding hydrogens is 426 g/mol. The van der Waals surface area contributed by atoms with Gasteiger partial charge in [-0.15, -0.1) is 0 Å². The van der Waals surface area contributed by atoms with Crippen LogP contribution in [0.15, 0.2) is 0 Å². The molecule has 1 heterocycles. The Labute approximate surface area is 196 Å². The summed E-state index contributed by atoms with van der Waals surface area (Å²) in [6, 6.07) is -0.327. The Morgan fingerprint density at radius 2 is 1.56 bits per heavy atom. The Hall–Kier alpha value is -0.963. The number of aliphatic hydroxyl groups is 2. The van der Waals surface area contributed by atoms with Gasteiger partial charge in [0.25, 0.3) is 0 Å². The molecule has 0 aromatic heterocycles. The van der Waals surface area contributed by atoms with Gasteiger partial charge in [0.15, 0.2) is 0 Å². The molecule has 1 aliphatic rings. The molecule has 0 bridgehead atoms. The fraction of sp³-hybridized carbons (Fsp3) is 0.917. The first-order valence-corrected chi connectivity index (χ1v) is 14.3. The Kier molecular flexibility index (Phi) is 10.9. The van der Waals surface area contributed by atoms with Gasteiger partial charge < -0.3 is 19.4 Å². The zero-order valence-electron chi connectivity index (χ0n) is 21.8. The molecular formula is C24H47NO6Si. The Morgan fingerprint density at radius 1 is 1.06 bits per heavy atom. The van der Waals surface area contributed by atoms with Gasteiger partial charge in [0.1, 0.15) is 6.61 Å². The van der Waals surface area contributed by atoms with Gasteiger partial charge >= 0.3 is 6.09 Å². The van der Waals surface area contributed by atoms with Gasteiger partial charge in [0.2, 0.25) is 14.2 Å². The fourth-order valence-electron chi connectivity index (χ4n) is 5.45. The van der Waals surface area contributed by atoms with Crippen LogP contribution in [-0.2, 0) is 14.0 Å². The van der Waals surface area contributed by atoms with Crippen molar-refractivity contribution in [1.29, 1.82) is 0 Å². The van der Waals surface area contributed by atoms with E-state index in [9.17, 15) is 19.8 Å². The molecule has 188 valence electrons. The Bertz CT molecular complexity index is 602. The second-order valence-corrected chi connectivity index (χ2v) is 16.1. The third kappa shape index (κ3) is 5.93. The highest BCUT2D eigenvalue weighted by Gasteiger charge is 2.49. The summed E-state index contributed by atoms with van der Waals surface area (Å²) in [6.45, 7) is 20.7. The number of aliphatic hydroxyl groups excluding tert-OH is 2. The van der Waals surface area contributed by atoms with E-state index in [2.05, 4.69) is 41.5 Å². The normalized spacial score (nSPS) is 21.4. The van der Waals surface area contributed by atoms with E-state index in [1.807, 2.05) is 20.8 Å². The fourth-order valence-corrected chi connectivity index (χ4v) is 11.1. The minimum atomic E-state index is -2.25. The van der Waals surface area contributed by atoms with Crippen LogP contribution in [0.5, 0.6) is 0 Å². The summed E-state index contributed by atoms with van der Waals surface area (Å²) in [7, 11) is -2.25. The second kappa shape index (κ2) is 11.9. The Balaban J connectivity index is 3.14. The largest absolute Gasteiger partial charge is 0.447 e. The first-order chi connectivity index (χ1) is 14.7. The number of nitrogens with zero attached hydrogens (tertiary/aromatic N) is 1. The van der Waals surface area contributed by atoms with Gasteiger partial charge in [-0.1, -0.05) is 69.2 Å². The van der Waals surface area contributed by atoms with Crippen LogP contribution in [0.4, 0.5) is 4.79 Å². The molecule has 32 heavy (non-hydrogen) atoms. The zero-order valence-corrected chi connectivity index (χ0v) is 22.8. The SMILES string of the molecule is CC(C)[C@@H]1COC(=O)N1C(=O)[C@H](C)[C@@H](O)[C@H](C)[C@H](CCO)O[Si](C(C)C)(C(C)C)C(C)C. The lowest BCUT2D eigenvalue weighted by Crippen LogP contribution is -2.54. The molecule has 0 saturated carbocycles. The minimum absolute atomic E-state index is 0.0588.